The van der Waals surface area contributed by atoms with Crippen LogP contribution in [0, 0.1) is 0 Å². The lowest BCUT2D eigenvalue weighted by Gasteiger charge is -2.26. The second kappa shape index (κ2) is 11.3. The Kier molecular flexibility index (Phi) is 8.75. The molecule has 2 N–H and O–H groups in total. The SMILES string of the molecule is CSCCC(NC(=O)OC(C)(C)C)C(=O)Nc1nc2ccc(CN3CCOCC3)cc2s1. The molecule has 176 valence electrons. The summed E-state index contributed by atoms with van der Waals surface area (Å²) < 4.78 is 11.7. The molecule has 1 atom stereocenters. The molecule has 10 heteroatoms. The molecule has 2 aromatic rings. The smallest absolute Gasteiger partial charge is 0.408 e. The van der Waals surface area contributed by atoms with Crippen LogP contribution in [-0.4, -0.2) is 71.8 Å². The maximum Gasteiger partial charge on any atom is 0.408 e. The maximum atomic E-state index is 12.9. The summed E-state index contributed by atoms with van der Waals surface area (Å²) in [6.45, 7) is 9.65. The van der Waals surface area contributed by atoms with Crippen LogP contribution in [0.5, 0.6) is 0 Å². The number of fused-ring (bicyclic) bond motifs is 1. The van der Waals surface area contributed by atoms with Gasteiger partial charge >= 0.3 is 6.09 Å². The fourth-order valence-corrected chi connectivity index (χ4v) is 4.69. The molecule has 1 fully saturated rings. The van der Waals surface area contributed by atoms with Crippen LogP contribution in [0.15, 0.2) is 18.2 Å². The van der Waals surface area contributed by atoms with Crippen molar-refractivity contribution in [3.05, 3.63) is 23.8 Å². The van der Waals surface area contributed by atoms with Crippen molar-refractivity contribution in [2.24, 2.45) is 0 Å². The Labute approximate surface area is 197 Å². The van der Waals surface area contributed by atoms with E-state index >= 15 is 0 Å². The van der Waals surface area contributed by atoms with E-state index in [4.69, 9.17) is 9.47 Å². The van der Waals surface area contributed by atoms with Crippen molar-refractivity contribution >= 4 is 50.4 Å². The minimum atomic E-state index is -0.693. The van der Waals surface area contributed by atoms with Gasteiger partial charge in [-0.2, -0.15) is 11.8 Å². The van der Waals surface area contributed by atoms with Crippen molar-refractivity contribution in [3.8, 4) is 0 Å². The molecule has 2 amide bonds. The summed E-state index contributed by atoms with van der Waals surface area (Å²) in [6.07, 6.45) is 1.86. The van der Waals surface area contributed by atoms with Crippen LogP contribution in [0.2, 0.25) is 0 Å². The predicted molar refractivity (Wildman–Crippen MR) is 131 cm³/mol. The second-order valence-electron chi connectivity index (χ2n) is 8.68. The number of carbonyl (C=O) groups is 2. The van der Waals surface area contributed by atoms with E-state index in [1.165, 1.54) is 16.9 Å². The van der Waals surface area contributed by atoms with Crippen LogP contribution in [0.4, 0.5) is 9.93 Å². The van der Waals surface area contributed by atoms with Crippen LogP contribution < -0.4 is 10.6 Å². The molecular formula is C22H32N4O4S2. The van der Waals surface area contributed by atoms with E-state index in [1.54, 1.807) is 32.5 Å². The van der Waals surface area contributed by atoms with Crippen LogP contribution >= 0.6 is 23.1 Å². The van der Waals surface area contributed by atoms with Gasteiger partial charge in [0.15, 0.2) is 5.13 Å². The molecule has 1 aliphatic rings. The van der Waals surface area contributed by atoms with E-state index in [0.717, 1.165) is 48.8 Å². The fourth-order valence-electron chi connectivity index (χ4n) is 3.29. The van der Waals surface area contributed by atoms with Gasteiger partial charge in [0.05, 0.1) is 23.4 Å². The average molecular weight is 481 g/mol. The molecule has 3 rings (SSSR count). The lowest BCUT2D eigenvalue weighted by molar-refractivity contribution is -0.118. The van der Waals surface area contributed by atoms with E-state index in [9.17, 15) is 9.59 Å². The molecule has 0 spiro atoms. The largest absolute Gasteiger partial charge is 0.444 e. The number of ether oxygens (including phenoxy) is 2. The third-order valence-corrected chi connectivity index (χ3v) is 6.39. The van der Waals surface area contributed by atoms with Gasteiger partial charge in [0, 0.05) is 19.6 Å². The third kappa shape index (κ3) is 7.61. The van der Waals surface area contributed by atoms with E-state index in [-0.39, 0.29) is 5.91 Å². The number of carbonyl (C=O) groups excluding carboxylic acids is 2. The summed E-state index contributed by atoms with van der Waals surface area (Å²) in [4.78, 5) is 32.0. The van der Waals surface area contributed by atoms with Crippen molar-refractivity contribution in [2.45, 2.75) is 45.4 Å². The molecule has 1 aromatic heterocycles. The minimum absolute atomic E-state index is 0.294. The number of morpholine rings is 1. The second-order valence-corrected chi connectivity index (χ2v) is 10.7. The zero-order chi connectivity index (χ0) is 23.1. The quantitative estimate of drug-likeness (QED) is 0.595. The first-order chi connectivity index (χ1) is 15.2. The summed E-state index contributed by atoms with van der Waals surface area (Å²) in [6, 6.07) is 5.50. The Morgan fingerprint density at radius 2 is 2.06 bits per heavy atom. The number of anilines is 1. The number of nitrogens with one attached hydrogen (secondary N) is 2. The van der Waals surface area contributed by atoms with Gasteiger partial charge in [-0.3, -0.25) is 9.69 Å². The first-order valence-corrected chi connectivity index (χ1v) is 12.9. The van der Waals surface area contributed by atoms with Crippen LogP contribution in [0.1, 0.15) is 32.8 Å². The molecule has 0 saturated carbocycles. The maximum absolute atomic E-state index is 12.9. The number of hydrogen-bond donors (Lipinski definition) is 2. The summed E-state index contributed by atoms with van der Waals surface area (Å²) in [7, 11) is 0. The molecule has 1 aliphatic heterocycles. The van der Waals surface area contributed by atoms with E-state index in [2.05, 4.69) is 32.7 Å². The van der Waals surface area contributed by atoms with Gasteiger partial charge in [-0.15, -0.1) is 0 Å². The predicted octanol–water partition coefficient (Wildman–Crippen LogP) is 3.71. The van der Waals surface area contributed by atoms with Crippen LogP contribution in [0.25, 0.3) is 10.2 Å². The third-order valence-electron chi connectivity index (χ3n) is 4.81. The monoisotopic (exact) mass is 480 g/mol. The van der Waals surface area contributed by atoms with E-state index in [1.807, 2.05) is 12.3 Å². The van der Waals surface area contributed by atoms with Gasteiger partial charge in [-0.05, 0) is 56.9 Å². The Bertz CT molecular complexity index is 922. The number of aromatic nitrogens is 1. The average Bonchev–Trinajstić information content (AvgIpc) is 3.12. The topological polar surface area (TPSA) is 92.8 Å². The van der Waals surface area contributed by atoms with Crippen molar-refractivity contribution < 1.29 is 19.1 Å². The first kappa shape index (κ1) is 24.8. The molecule has 32 heavy (non-hydrogen) atoms. The summed E-state index contributed by atoms with van der Waals surface area (Å²) >= 11 is 3.05. The standard InChI is InChI=1S/C22H32N4O4S2/c1-22(2,3)30-21(28)24-17(7-12-31-4)19(27)25-20-23-16-6-5-15(13-18(16)32-20)14-26-8-10-29-11-9-26/h5-6,13,17H,7-12,14H2,1-4H3,(H,24,28)(H,23,25,27). The van der Waals surface area contributed by atoms with Crippen molar-refractivity contribution in [1.82, 2.24) is 15.2 Å². The van der Waals surface area contributed by atoms with Crippen molar-refractivity contribution in [1.29, 1.82) is 0 Å². The number of thioether (sulfide) groups is 1. The molecule has 0 radical (unpaired) electrons. The van der Waals surface area contributed by atoms with E-state index in [0.29, 0.717) is 11.6 Å². The minimum Gasteiger partial charge on any atom is -0.444 e. The lowest BCUT2D eigenvalue weighted by atomic mass is 10.2. The molecule has 8 nitrogen and oxygen atoms in total. The van der Waals surface area contributed by atoms with Crippen LogP contribution in [-0.2, 0) is 20.8 Å². The summed E-state index contributed by atoms with van der Waals surface area (Å²) in [5, 5.41) is 6.08. The molecule has 1 aromatic carbocycles. The van der Waals surface area contributed by atoms with Gasteiger partial charge in [0.25, 0.3) is 0 Å². The normalized spacial score (nSPS) is 16.0. The Hall–Kier alpha value is -1.88. The molecule has 1 unspecified atom stereocenters. The zero-order valence-corrected chi connectivity index (χ0v) is 20.7. The fraction of sp³-hybridized carbons (Fsp3) is 0.591. The lowest BCUT2D eigenvalue weighted by Crippen LogP contribution is -2.46. The molecule has 0 aliphatic carbocycles. The highest BCUT2D eigenvalue weighted by molar-refractivity contribution is 7.98. The molecule has 0 bridgehead atoms. The van der Waals surface area contributed by atoms with Gasteiger partial charge in [-0.1, -0.05) is 17.4 Å². The van der Waals surface area contributed by atoms with Crippen molar-refractivity contribution in [2.75, 3.05) is 43.6 Å². The van der Waals surface area contributed by atoms with Crippen molar-refractivity contribution in [3.63, 3.8) is 0 Å². The Balaban J connectivity index is 1.65. The first-order valence-electron chi connectivity index (χ1n) is 10.7. The van der Waals surface area contributed by atoms with Gasteiger partial charge in [0.1, 0.15) is 11.6 Å². The Morgan fingerprint density at radius 1 is 1.31 bits per heavy atom. The number of rotatable bonds is 8. The molecular weight excluding hydrogens is 448 g/mol. The number of amides is 2. The van der Waals surface area contributed by atoms with Crippen LogP contribution in [0.3, 0.4) is 0 Å². The number of nitrogens with zero attached hydrogens (tertiary/aromatic N) is 2. The molecule has 2 heterocycles. The molecule has 1 saturated heterocycles. The summed E-state index contributed by atoms with van der Waals surface area (Å²) in [5.41, 5.74) is 1.43. The number of alkyl carbamates (subject to hydrolysis) is 1. The number of benzene rings is 1. The van der Waals surface area contributed by atoms with Gasteiger partial charge in [-0.25, -0.2) is 9.78 Å². The van der Waals surface area contributed by atoms with E-state index < -0.39 is 17.7 Å². The summed E-state index contributed by atoms with van der Waals surface area (Å²) in [5.74, 6) is 0.441. The van der Waals surface area contributed by atoms with Gasteiger partial charge in [0.2, 0.25) is 5.91 Å². The highest BCUT2D eigenvalue weighted by Crippen LogP contribution is 2.27. The number of thiazole rings is 1. The van der Waals surface area contributed by atoms with Gasteiger partial charge < -0.3 is 20.1 Å². The number of hydrogen-bond acceptors (Lipinski definition) is 8. The zero-order valence-electron chi connectivity index (χ0n) is 19.1. The Morgan fingerprint density at radius 3 is 2.75 bits per heavy atom. The highest BCUT2D eigenvalue weighted by atomic mass is 32.2. The highest BCUT2D eigenvalue weighted by Gasteiger charge is 2.25.